The summed E-state index contributed by atoms with van der Waals surface area (Å²) >= 11 is 9.77. The summed E-state index contributed by atoms with van der Waals surface area (Å²) in [7, 11) is 1.11. The maximum Gasteiger partial charge on any atom is 0.471 e. The second-order valence-electron chi connectivity index (χ2n) is 9.35. The number of halogens is 5. The first-order valence-corrected chi connectivity index (χ1v) is 13.0. The molecule has 1 amide bonds. The van der Waals surface area contributed by atoms with E-state index in [1.807, 2.05) is 32.1 Å². The number of benzene rings is 2. The fraction of sp³-hybridized carbons (Fsp3) is 0.407. The quantitative estimate of drug-likeness (QED) is 0.343. The van der Waals surface area contributed by atoms with Gasteiger partial charge in [-0.15, -0.1) is 0 Å². The summed E-state index contributed by atoms with van der Waals surface area (Å²) in [4.78, 5) is 26.6. The molecule has 10 heteroatoms. The van der Waals surface area contributed by atoms with Gasteiger partial charge in [0.2, 0.25) is 0 Å². The highest BCUT2D eigenvalue weighted by molar-refractivity contribution is 9.11. The van der Waals surface area contributed by atoms with E-state index >= 15 is 0 Å². The highest BCUT2D eigenvalue weighted by Gasteiger charge is 2.59. The van der Waals surface area contributed by atoms with Crippen molar-refractivity contribution in [2.75, 3.05) is 18.6 Å². The Bertz CT molecular complexity index is 1270. The summed E-state index contributed by atoms with van der Waals surface area (Å²) in [6.45, 7) is 4.33. The minimum atomic E-state index is -5.22. The largest absolute Gasteiger partial charge is 0.494 e. The molecule has 2 aromatic rings. The summed E-state index contributed by atoms with van der Waals surface area (Å²) < 4.78 is 53.3. The van der Waals surface area contributed by atoms with Gasteiger partial charge in [-0.05, 0) is 92.6 Å². The number of carbonyl (C=O) groups is 2. The van der Waals surface area contributed by atoms with Gasteiger partial charge in [0.25, 0.3) is 0 Å². The lowest BCUT2D eigenvalue weighted by atomic mass is 9.64. The number of rotatable bonds is 5. The molecule has 5 nitrogen and oxygen atoms in total. The van der Waals surface area contributed by atoms with Crippen LogP contribution in [0, 0.1) is 6.92 Å². The molecule has 0 aliphatic heterocycles. The fourth-order valence-electron chi connectivity index (χ4n) is 5.57. The Balaban J connectivity index is 1.81. The number of nitrogens with zero attached hydrogens (tertiary/aromatic N) is 1. The van der Waals surface area contributed by atoms with Crippen molar-refractivity contribution in [1.82, 2.24) is 0 Å². The van der Waals surface area contributed by atoms with Crippen LogP contribution in [0.1, 0.15) is 49.3 Å². The zero-order valence-electron chi connectivity index (χ0n) is 20.5. The molecule has 1 spiro atoms. The summed E-state index contributed by atoms with van der Waals surface area (Å²) in [6.07, 6.45) is -2.75. The maximum atomic E-state index is 13.9. The van der Waals surface area contributed by atoms with Crippen LogP contribution >= 0.6 is 27.5 Å². The highest BCUT2D eigenvalue weighted by Crippen LogP contribution is 2.57. The van der Waals surface area contributed by atoms with E-state index in [4.69, 9.17) is 21.1 Å². The molecule has 2 aliphatic rings. The molecule has 2 aliphatic carbocycles. The Morgan fingerprint density at radius 3 is 2.38 bits per heavy atom. The predicted molar refractivity (Wildman–Crippen MR) is 139 cm³/mol. The van der Waals surface area contributed by atoms with Crippen LogP contribution in [0.2, 0.25) is 5.02 Å². The first kappa shape index (κ1) is 27.5. The molecule has 0 unspecified atom stereocenters. The van der Waals surface area contributed by atoms with E-state index < -0.39 is 29.0 Å². The van der Waals surface area contributed by atoms with E-state index in [0.29, 0.717) is 24.3 Å². The number of allylic oxidation sites excluding steroid dienone is 1. The average molecular weight is 601 g/mol. The van der Waals surface area contributed by atoms with E-state index in [9.17, 15) is 22.8 Å². The molecule has 0 radical (unpaired) electrons. The van der Waals surface area contributed by atoms with Crippen LogP contribution in [0.15, 0.2) is 40.9 Å². The van der Waals surface area contributed by atoms with Crippen molar-refractivity contribution in [2.24, 2.45) is 0 Å². The smallest absolute Gasteiger partial charge is 0.471 e. The SMILES string of the molecule is CCOc1cc2c(cc1C)C=C(Br)C21CCC(C(=O)OC)(N(C(=O)C(F)(F)F)c2cccc(Cl)c2)CC1. The van der Waals surface area contributed by atoms with Crippen LogP contribution < -0.4 is 9.64 Å². The number of hydrogen-bond donors (Lipinski definition) is 0. The molecule has 0 heterocycles. The minimum absolute atomic E-state index is 0.0613. The van der Waals surface area contributed by atoms with Crippen LogP contribution in [0.3, 0.4) is 0 Å². The number of fused-ring (bicyclic) bond motifs is 2. The van der Waals surface area contributed by atoms with Crippen molar-refractivity contribution in [3.8, 4) is 5.75 Å². The fourth-order valence-corrected chi connectivity index (χ4v) is 6.61. The molecule has 0 aromatic heterocycles. The van der Waals surface area contributed by atoms with Crippen LogP contribution in [-0.4, -0.2) is 37.3 Å². The Labute approximate surface area is 226 Å². The number of anilines is 1. The summed E-state index contributed by atoms with van der Waals surface area (Å²) in [5.74, 6) is -2.32. The number of aryl methyl sites for hydroxylation is 1. The molecule has 0 bridgehead atoms. The van der Waals surface area contributed by atoms with Crippen LogP contribution in [-0.2, 0) is 19.7 Å². The van der Waals surface area contributed by atoms with E-state index in [1.54, 1.807) is 0 Å². The van der Waals surface area contributed by atoms with E-state index in [-0.39, 0.29) is 23.6 Å². The van der Waals surface area contributed by atoms with Gasteiger partial charge >= 0.3 is 18.1 Å². The van der Waals surface area contributed by atoms with E-state index in [1.165, 1.54) is 24.3 Å². The van der Waals surface area contributed by atoms with Gasteiger partial charge in [0.1, 0.15) is 11.3 Å². The third kappa shape index (κ3) is 4.65. The predicted octanol–water partition coefficient (Wildman–Crippen LogP) is 7.12. The van der Waals surface area contributed by atoms with Crippen molar-refractivity contribution < 1.29 is 32.2 Å². The number of alkyl halides is 3. The molecule has 37 heavy (non-hydrogen) atoms. The number of methoxy groups -OCH3 is 1. The second-order valence-corrected chi connectivity index (χ2v) is 10.6. The average Bonchev–Trinajstić information content (AvgIpc) is 3.10. The van der Waals surface area contributed by atoms with Gasteiger partial charge in [-0.25, -0.2) is 4.79 Å². The van der Waals surface area contributed by atoms with Gasteiger partial charge in [-0.3, -0.25) is 9.69 Å². The zero-order chi connectivity index (χ0) is 27.2. The normalized spacial score (nSPS) is 22.9. The van der Waals surface area contributed by atoms with Crippen LogP contribution in [0.25, 0.3) is 6.08 Å². The zero-order valence-corrected chi connectivity index (χ0v) is 22.9. The second kappa shape index (κ2) is 9.98. The molecular weight excluding hydrogens is 575 g/mol. The number of carbonyl (C=O) groups excluding carboxylic acids is 2. The number of ether oxygens (including phenoxy) is 2. The standard InChI is InChI=1S/C27H26BrClF3NO4/c1-4-37-21-15-20-17(12-16(21)2)13-22(28)25(20)8-10-26(11-9-25,24(35)36-3)33(23(34)27(30,31)32)19-7-5-6-18(29)14-19/h5-7,12-15H,4,8-11H2,1-3H3. The van der Waals surface area contributed by atoms with Gasteiger partial charge in [-0.2, -0.15) is 13.2 Å². The third-order valence-corrected chi connectivity index (χ3v) is 8.56. The Hall–Kier alpha value is -2.52. The molecule has 0 saturated heterocycles. The molecule has 2 aromatic carbocycles. The first-order valence-electron chi connectivity index (χ1n) is 11.8. The van der Waals surface area contributed by atoms with Gasteiger partial charge in [-0.1, -0.05) is 33.6 Å². The molecular formula is C27H26BrClF3NO4. The van der Waals surface area contributed by atoms with E-state index in [2.05, 4.69) is 15.9 Å². The minimum Gasteiger partial charge on any atom is -0.494 e. The number of hydrogen-bond acceptors (Lipinski definition) is 4. The Morgan fingerprint density at radius 2 is 1.81 bits per heavy atom. The van der Waals surface area contributed by atoms with Crippen molar-refractivity contribution in [3.05, 3.63) is 62.6 Å². The van der Waals surface area contributed by atoms with Crippen molar-refractivity contribution in [1.29, 1.82) is 0 Å². The summed E-state index contributed by atoms with van der Waals surface area (Å²) in [6, 6.07) is 9.50. The van der Waals surface area contributed by atoms with E-state index in [0.717, 1.165) is 34.0 Å². The molecule has 1 fully saturated rings. The molecule has 4 rings (SSSR count). The Kier molecular flexibility index (Phi) is 7.42. The van der Waals surface area contributed by atoms with Crippen LogP contribution in [0.5, 0.6) is 5.75 Å². The Morgan fingerprint density at radius 1 is 1.14 bits per heavy atom. The molecule has 0 atom stereocenters. The summed E-state index contributed by atoms with van der Waals surface area (Å²) in [5.41, 5.74) is 0.359. The lowest BCUT2D eigenvalue weighted by Crippen LogP contribution is -2.63. The molecule has 198 valence electrons. The number of amides is 1. The highest BCUT2D eigenvalue weighted by atomic mass is 79.9. The topological polar surface area (TPSA) is 55.8 Å². The lowest BCUT2D eigenvalue weighted by Gasteiger charge is -2.49. The first-order chi connectivity index (χ1) is 17.4. The number of esters is 1. The third-order valence-electron chi connectivity index (χ3n) is 7.34. The van der Waals surface area contributed by atoms with Crippen molar-refractivity contribution in [3.63, 3.8) is 0 Å². The van der Waals surface area contributed by atoms with Crippen molar-refractivity contribution in [2.45, 2.75) is 56.7 Å². The van der Waals surface area contributed by atoms with Gasteiger partial charge in [0.15, 0.2) is 0 Å². The maximum absolute atomic E-state index is 13.9. The van der Waals surface area contributed by atoms with Crippen LogP contribution in [0.4, 0.5) is 18.9 Å². The summed E-state index contributed by atoms with van der Waals surface area (Å²) in [5, 5.41) is 0.138. The monoisotopic (exact) mass is 599 g/mol. The van der Waals surface area contributed by atoms with Gasteiger partial charge < -0.3 is 9.47 Å². The lowest BCUT2D eigenvalue weighted by molar-refractivity contribution is -0.174. The van der Waals surface area contributed by atoms with Gasteiger partial charge in [0, 0.05) is 20.6 Å². The molecule has 1 saturated carbocycles. The molecule has 0 N–H and O–H groups in total. The van der Waals surface area contributed by atoms with Crippen molar-refractivity contribution >= 4 is 51.2 Å². The van der Waals surface area contributed by atoms with Gasteiger partial charge in [0.05, 0.1) is 13.7 Å².